The Hall–Kier alpha value is -1.82. The molecule has 1 N–H and O–H groups in total. The van der Waals surface area contributed by atoms with Gasteiger partial charge >= 0.3 is 0 Å². The summed E-state index contributed by atoms with van der Waals surface area (Å²) >= 11 is 0. The minimum Gasteiger partial charge on any atom is -0.352 e. The summed E-state index contributed by atoms with van der Waals surface area (Å²) < 4.78 is 5.09. The molecule has 0 aliphatic carbocycles. The van der Waals surface area contributed by atoms with Crippen molar-refractivity contribution in [1.29, 1.82) is 0 Å². The van der Waals surface area contributed by atoms with Gasteiger partial charge in [-0.3, -0.25) is 14.9 Å². The Morgan fingerprint density at radius 2 is 2.33 bits per heavy atom. The van der Waals surface area contributed by atoms with E-state index in [1.54, 1.807) is 19.2 Å². The molecular formula is C9H9N3O3. The lowest BCUT2D eigenvalue weighted by molar-refractivity contribution is -0.150. The second-order valence-corrected chi connectivity index (χ2v) is 3.13. The molecule has 1 saturated heterocycles. The smallest absolute Gasteiger partial charge is 0.262 e. The Morgan fingerprint density at radius 3 is 3.00 bits per heavy atom. The fourth-order valence-electron chi connectivity index (χ4n) is 1.31. The van der Waals surface area contributed by atoms with Gasteiger partial charge in [-0.25, -0.2) is 9.97 Å². The number of morpholine rings is 1. The molecule has 2 heterocycles. The molecule has 0 bridgehead atoms. The summed E-state index contributed by atoms with van der Waals surface area (Å²) in [6.07, 6.45) is 0.731. The molecule has 1 aliphatic rings. The van der Waals surface area contributed by atoms with Crippen molar-refractivity contribution in [2.24, 2.45) is 0 Å². The molecule has 0 aromatic carbocycles. The van der Waals surface area contributed by atoms with Crippen LogP contribution < -0.4 is 5.32 Å². The number of hydrogen-bond acceptors (Lipinski definition) is 5. The number of nitrogens with one attached hydrogen (secondary N) is 1. The number of nitrogens with zero attached hydrogens (tertiary/aromatic N) is 2. The number of carbonyl (C=O) groups excluding carboxylic acids is 2. The summed E-state index contributed by atoms with van der Waals surface area (Å²) in [6, 6.07) is 1.59. The van der Waals surface area contributed by atoms with Crippen molar-refractivity contribution in [3.63, 3.8) is 0 Å². The third-order valence-corrected chi connectivity index (χ3v) is 1.95. The fourth-order valence-corrected chi connectivity index (χ4v) is 1.31. The third-order valence-electron chi connectivity index (χ3n) is 1.95. The summed E-state index contributed by atoms with van der Waals surface area (Å²) in [5.74, 6) is -0.354. The number of hydrogen-bond donors (Lipinski definition) is 1. The van der Waals surface area contributed by atoms with E-state index in [0.717, 1.165) is 0 Å². The van der Waals surface area contributed by atoms with Gasteiger partial charge in [0.05, 0.1) is 5.69 Å². The Kier molecular flexibility index (Phi) is 2.42. The van der Waals surface area contributed by atoms with E-state index < -0.39 is 17.9 Å². The van der Waals surface area contributed by atoms with Crippen molar-refractivity contribution in [2.45, 2.75) is 13.0 Å². The van der Waals surface area contributed by atoms with E-state index in [-0.39, 0.29) is 6.61 Å². The molecule has 1 aromatic heterocycles. The van der Waals surface area contributed by atoms with Crippen LogP contribution in [0.5, 0.6) is 0 Å². The highest BCUT2D eigenvalue weighted by molar-refractivity contribution is 5.99. The number of aryl methyl sites for hydroxylation is 1. The Bertz CT molecular complexity index is 419. The molecule has 2 amide bonds. The van der Waals surface area contributed by atoms with E-state index in [9.17, 15) is 9.59 Å². The van der Waals surface area contributed by atoms with Crippen molar-refractivity contribution in [2.75, 3.05) is 6.61 Å². The van der Waals surface area contributed by atoms with Crippen LogP contribution in [0.25, 0.3) is 0 Å². The highest BCUT2D eigenvalue weighted by Gasteiger charge is 2.29. The monoisotopic (exact) mass is 207 g/mol. The number of amides is 2. The standard InChI is InChI=1S/C9H9N3O3/c1-5-10-3-2-6(11-5)8-9(14)12-7(13)4-15-8/h2-3,8H,4H2,1H3,(H,12,13,14). The summed E-state index contributed by atoms with van der Waals surface area (Å²) in [4.78, 5) is 30.2. The topological polar surface area (TPSA) is 81.2 Å². The summed E-state index contributed by atoms with van der Waals surface area (Å²) in [5, 5.41) is 2.18. The maximum atomic E-state index is 11.4. The Balaban J connectivity index is 2.24. The predicted octanol–water partition coefficient (Wildman–Crippen LogP) is -0.501. The molecule has 0 spiro atoms. The summed E-state index contributed by atoms with van der Waals surface area (Å²) in [6.45, 7) is 1.59. The SMILES string of the molecule is Cc1nccc(C2OCC(=O)NC2=O)n1. The maximum absolute atomic E-state index is 11.4. The molecule has 6 nitrogen and oxygen atoms in total. The van der Waals surface area contributed by atoms with E-state index in [1.165, 1.54) is 0 Å². The van der Waals surface area contributed by atoms with Gasteiger partial charge in [0.2, 0.25) is 0 Å². The van der Waals surface area contributed by atoms with Crippen molar-refractivity contribution in [3.05, 3.63) is 23.8 Å². The largest absolute Gasteiger partial charge is 0.352 e. The van der Waals surface area contributed by atoms with Gasteiger partial charge in [-0.1, -0.05) is 0 Å². The normalized spacial score (nSPS) is 21.3. The first-order chi connectivity index (χ1) is 7.16. The van der Waals surface area contributed by atoms with Crippen LogP contribution in [0.3, 0.4) is 0 Å². The first kappa shape index (κ1) is 9.72. The molecule has 2 rings (SSSR count). The molecule has 0 saturated carbocycles. The third kappa shape index (κ3) is 1.99. The highest BCUT2D eigenvalue weighted by Crippen LogP contribution is 2.17. The summed E-state index contributed by atoms with van der Waals surface area (Å²) in [5.41, 5.74) is 0.465. The Labute approximate surface area is 85.7 Å². The van der Waals surface area contributed by atoms with Crippen LogP contribution >= 0.6 is 0 Å². The average molecular weight is 207 g/mol. The number of aromatic nitrogens is 2. The maximum Gasteiger partial charge on any atom is 0.262 e. The minimum atomic E-state index is -0.815. The van der Waals surface area contributed by atoms with E-state index in [4.69, 9.17) is 4.74 Å². The van der Waals surface area contributed by atoms with Gasteiger partial charge in [-0.05, 0) is 13.0 Å². The van der Waals surface area contributed by atoms with Crippen LogP contribution in [0, 0.1) is 6.92 Å². The molecule has 78 valence electrons. The van der Waals surface area contributed by atoms with Crippen molar-refractivity contribution < 1.29 is 14.3 Å². The molecule has 6 heteroatoms. The highest BCUT2D eigenvalue weighted by atomic mass is 16.5. The molecule has 1 unspecified atom stereocenters. The molecular weight excluding hydrogens is 198 g/mol. The lowest BCUT2D eigenvalue weighted by atomic mass is 10.2. The van der Waals surface area contributed by atoms with Gasteiger partial charge in [-0.2, -0.15) is 0 Å². The quantitative estimate of drug-likeness (QED) is 0.628. The van der Waals surface area contributed by atoms with Gasteiger partial charge < -0.3 is 4.74 Å². The van der Waals surface area contributed by atoms with Crippen molar-refractivity contribution in [3.8, 4) is 0 Å². The summed E-state index contributed by atoms with van der Waals surface area (Å²) in [7, 11) is 0. The number of imide groups is 1. The van der Waals surface area contributed by atoms with Crippen molar-refractivity contribution >= 4 is 11.8 Å². The zero-order chi connectivity index (χ0) is 10.8. The zero-order valence-corrected chi connectivity index (χ0v) is 8.06. The predicted molar refractivity (Wildman–Crippen MR) is 48.6 cm³/mol. The second-order valence-electron chi connectivity index (χ2n) is 3.13. The molecule has 1 fully saturated rings. The number of ether oxygens (including phenoxy) is 1. The lowest BCUT2D eigenvalue weighted by Gasteiger charge is -2.20. The Morgan fingerprint density at radius 1 is 1.53 bits per heavy atom. The molecule has 1 atom stereocenters. The first-order valence-electron chi connectivity index (χ1n) is 4.41. The van der Waals surface area contributed by atoms with Crippen LogP contribution in [0.1, 0.15) is 17.6 Å². The van der Waals surface area contributed by atoms with Gasteiger partial charge in [0.15, 0.2) is 6.10 Å². The molecule has 15 heavy (non-hydrogen) atoms. The van der Waals surface area contributed by atoms with E-state index >= 15 is 0 Å². The molecule has 1 aromatic rings. The van der Waals surface area contributed by atoms with Crippen LogP contribution in [0.15, 0.2) is 12.3 Å². The first-order valence-corrected chi connectivity index (χ1v) is 4.41. The molecule has 0 radical (unpaired) electrons. The average Bonchev–Trinajstić information content (AvgIpc) is 2.17. The number of carbonyl (C=O) groups is 2. The van der Waals surface area contributed by atoms with Crippen LogP contribution in [0.4, 0.5) is 0 Å². The van der Waals surface area contributed by atoms with E-state index in [2.05, 4.69) is 15.3 Å². The fraction of sp³-hybridized carbons (Fsp3) is 0.333. The van der Waals surface area contributed by atoms with Crippen LogP contribution in [-0.2, 0) is 14.3 Å². The molecule has 1 aliphatic heterocycles. The van der Waals surface area contributed by atoms with Gasteiger partial charge in [0.1, 0.15) is 12.4 Å². The van der Waals surface area contributed by atoms with Gasteiger partial charge in [0.25, 0.3) is 11.8 Å². The van der Waals surface area contributed by atoms with Crippen LogP contribution in [-0.4, -0.2) is 28.4 Å². The van der Waals surface area contributed by atoms with Gasteiger partial charge in [-0.15, -0.1) is 0 Å². The number of rotatable bonds is 1. The minimum absolute atomic E-state index is 0.126. The van der Waals surface area contributed by atoms with Crippen LogP contribution in [0.2, 0.25) is 0 Å². The van der Waals surface area contributed by atoms with Gasteiger partial charge in [0, 0.05) is 6.20 Å². The second kappa shape index (κ2) is 3.74. The van der Waals surface area contributed by atoms with Crippen molar-refractivity contribution in [1.82, 2.24) is 15.3 Å². The van der Waals surface area contributed by atoms with E-state index in [0.29, 0.717) is 11.5 Å². The zero-order valence-electron chi connectivity index (χ0n) is 8.06. The van der Waals surface area contributed by atoms with E-state index in [1.807, 2.05) is 0 Å². The lowest BCUT2D eigenvalue weighted by Crippen LogP contribution is -2.44.